The summed E-state index contributed by atoms with van der Waals surface area (Å²) < 4.78 is 1.16. The summed E-state index contributed by atoms with van der Waals surface area (Å²) in [5, 5.41) is 7.95. The van der Waals surface area contributed by atoms with Gasteiger partial charge < -0.3 is 9.88 Å². The molecular formula is C19H19N5O3S. The second-order valence-corrected chi connectivity index (χ2v) is 7.55. The minimum atomic E-state index is -0.254. The van der Waals surface area contributed by atoms with E-state index in [4.69, 9.17) is 0 Å². The zero-order chi connectivity index (χ0) is 19.7. The summed E-state index contributed by atoms with van der Waals surface area (Å²) in [6, 6.07) is 6.25. The van der Waals surface area contributed by atoms with Gasteiger partial charge in [-0.15, -0.1) is 0 Å². The van der Waals surface area contributed by atoms with Crippen molar-refractivity contribution in [3.8, 4) is 11.3 Å². The van der Waals surface area contributed by atoms with Gasteiger partial charge in [0.05, 0.1) is 5.69 Å². The van der Waals surface area contributed by atoms with Crippen LogP contribution in [0.15, 0.2) is 44.6 Å². The Balaban J connectivity index is 1.48. The van der Waals surface area contributed by atoms with Gasteiger partial charge in [0.1, 0.15) is 11.5 Å². The molecule has 1 aliphatic heterocycles. The molecule has 3 aromatic heterocycles. The van der Waals surface area contributed by atoms with Crippen molar-refractivity contribution in [2.75, 3.05) is 13.1 Å². The van der Waals surface area contributed by atoms with E-state index in [0.717, 1.165) is 10.2 Å². The number of likely N-dealkylation sites (tertiary alicyclic amines) is 1. The number of hydrogen-bond acceptors (Lipinski definition) is 6. The molecule has 8 nitrogen and oxygen atoms in total. The first kappa shape index (κ1) is 18.3. The quantitative estimate of drug-likeness (QED) is 0.724. The van der Waals surface area contributed by atoms with Crippen molar-refractivity contribution in [1.82, 2.24) is 24.6 Å². The number of amides is 1. The molecular weight excluding hydrogens is 378 g/mol. The Labute approximate surface area is 164 Å². The Morgan fingerprint density at radius 3 is 2.68 bits per heavy atom. The van der Waals surface area contributed by atoms with Crippen molar-refractivity contribution in [1.29, 1.82) is 0 Å². The van der Waals surface area contributed by atoms with Crippen LogP contribution in [-0.4, -0.2) is 43.6 Å². The van der Waals surface area contributed by atoms with Gasteiger partial charge in [-0.1, -0.05) is 0 Å². The summed E-state index contributed by atoms with van der Waals surface area (Å²) >= 11 is 1.56. The molecule has 0 spiro atoms. The molecule has 3 aromatic rings. The predicted octanol–water partition coefficient (Wildman–Crippen LogP) is 1.61. The van der Waals surface area contributed by atoms with E-state index in [0.29, 0.717) is 37.4 Å². The molecule has 1 N–H and O–H groups in total. The molecule has 4 heterocycles. The lowest BCUT2D eigenvalue weighted by Gasteiger charge is -2.31. The van der Waals surface area contributed by atoms with E-state index in [1.165, 1.54) is 25.2 Å². The van der Waals surface area contributed by atoms with E-state index < -0.39 is 0 Å². The minimum Gasteiger partial charge on any atom is -0.337 e. The molecule has 0 bridgehead atoms. The van der Waals surface area contributed by atoms with Gasteiger partial charge in [-0.3, -0.25) is 14.4 Å². The molecule has 0 radical (unpaired) electrons. The number of aryl methyl sites for hydroxylation is 1. The van der Waals surface area contributed by atoms with Crippen molar-refractivity contribution < 1.29 is 4.79 Å². The van der Waals surface area contributed by atoms with Gasteiger partial charge >= 0.3 is 0 Å². The minimum absolute atomic E-state index is 0.0865. The van der Waals surface area contributed by atoms with Crippen molar-refractivity contribution in [2.24, 2.45) is 7.05 Å². The van der Waals surface area contributed by atoms with Gasteiger partial charge in [-0.2, -0.15) is 16.4 Å². The first-order valence-electron chi connectivity index (χ1n) is 8.99. The molecule has 1 amide bonds. The highest BCUT2D eigenvalue weighted by molar-refractivity contribution is 7.08. The molecule has 0 saturated carbocycles. The monoisotopic (exact) mass is 397 g/mol. The van der Waals surface area contributed by atoms with Crippen molar-refractivity contribution in [3.63, 3.8) is 0 Å². The zero-order valence-electron chi connectivity index (χ0n) is 15.3. The summed E-state index contributed by atoms with van der Waals surface area (Å²) in [6.07, 6.45) is 1.40. The van der Waals surface area contributed by atoms with E-state index in [1.54, 1.807) is 16.2 Å². The lowest BCUT2D eigenvalue weighted by atomic mass is 9.95. The molecule has 1 fully saturated rings. The highest BCUT2D eigenvalue weighted by Gasteiger charge is 2.27. The predicted molar refractivity (Wildman–Crippen MR) is 106 cm³/mol. The molecule has 4 rings (SSSR count). The van der Waals surface area contributed by atoms with E-state index in [1.807, 2.05) is 16.8 Å². The third-order valence-corrected chi connectivity index (χ3v) is 5.61. The largest absolute Gasteiger partial charge is 0.337 e. The third kappa shape index (κ3) is 3.65. The number of thiophene rings is 1. The number of hydrogen-bond donors (Lipinski definition) is 1. The molecule has 0 atom stereocenters. The number of aromatic amines is 1. The van der Waals surface area contributed by atoms with Gasteiger partial charge in [0, 0.05) is 49.1 Å². The van der Waals surface area contributed by atoms with E-state index in [2.05, 4.69) is 15.1 Å². The number of piperidine rings is 1. The van der Waals surface area contributed by atoms with Crippen LogP contribution in [0.3, 0.4) is 0 Å². The first-order chi connectivity index (χ1) is 13.5. The lowest BCUT2D eigenvalue weighted by molar-refractivity contribution is 0.0702. The maximum absolute atomic E-state index is 12.6. The molecule has 0 aromatic carbocycles. The Kier molecular flexibility index (Phi) is 4.91. The van der Waals surface area contributed by atoms with Crippen molar-refractivity contribution in [2.45, 2.75) is 18.8 Å². The Morgan fingerprint density at radius 2 is 2.00 bits per heavy atom. The van der Waals surface area contributed by atoms with Crippen LogP contribution in [0.4, 0.5) is 0 Å². The molecule has 0 unspecified atom stereocenters. The highest BCUT2D eigenvalue weighted by atomic mass is 32.1. The fourth-order valence-electron chi connectivity index (χ4n) is 3.36. The average molecular weight is 397 g/mol. The van der Waals surface area contributed by atoms with Crippen LogP contribution < -0.4 is 11.1 Å². The van der Waals surface area contributed by atoms with Crippen molar-refractivity contribution >= 4 is 17.2 Å². The van der Waals surface area contributed by atoms with Crippen LogP contribution in [0.25, 0.3) is 11.3 Å². The van der Waals surface area contributed by atoms with E-state index >= 15 is 0 Å². The van der Waals surface area contributed by atoms with Crippen LogP contribution in [0.5, 0.6) is 0 Å². The van der Waals surface area contributed by atoms with Crippen LogP contribution in [0, 0.1) is 0 Å². The molecule has 144 valence electrons. The van der Waals surface area contributed by atoms with Crippen LogP contribution in [0.1, 0.15) is 35.1 Å². The molecule has 9 heteroatoms. The molecule has 0 aliphatic carbocycles. The number of H-pyrrole nitrogens is 1. The fourth-order valence-corrected chi connectivity index (χ4v) is 4.01. The maximum atomic E-state index is 12.6. The summed E-state index contributed by atoms with van der Waals surface area (Å²) in [5.74, 6) is 0.562. The Bertz CT molecular complexity index is 1110. The third-order valence-electron chi connectivity index (χ3n) is 4.93. The summed E-state index contributed by atoms with van der Waals surface area (Å²) in [4.78, 5) is 45.4. The Hall–Kier alpha value is -3.07. The topological polar surface area (TPSA) is 101 Å². The van der Waals surface area contributed by atoms with Gasteiger partial charge in [-0.05, 0) is 30.4 Å². The fraction of sp³-hybridized carbons (Fsp3) is 0.316. The van der Waals surface area contributed by atoms with Crippen LogP contribution in [-0.2, 0) is 7.05 Å². The first-order valence-corrected chi connectivity index (χ1v) is 9.93. The Morgan fingerprint density at radius 1 is 1.21 bits per heavy atom. The molecule has 28 heavy (non-hydrogen) atoms. The van der Waals surface area contributed by atoms with Gasteiger partial charge in [0.25, 0.3) is 17.0 Å². The van der Waals surface area contributed by atoms with Crippen molar-refractivity contribution in [3.05, 3.63) is 67.3 Å². The number of nitrogens with one attached hydrogen (secondary N) is 1. The summed E-state index contributed by atoms with van der Waals surface area (Å²) in [5.41, 5.74) is 1.44. The van der Waals surface area contributed by atoms with E-state index in [9.17, 15) is 14.4 Å². The number of rotatable bonds is 3. The van der Waals surface area contributed by atoms with Crippen LogP contribution in [0.2, 0.25) is 0 Å². The second-order valence-electron chi connectivity index (χ2n) is 6.77. The zero-order valence-corrected chi connectivity index (χ0v) is 16.1. The van der Waals surface area contributed by atoms with Gasteiger partial charge in [-0.25, -0.2) is 9.67 Å². The number of carbonyl (C=O) groups excluding carboxylic acids is 1. The maximum Gasteiger partial charge on any atom is 0.274 e. The van der Waals surface area contributed by atoms with Gasteiger partial charge in [0.2, 0.25) is 0 Å². The second kappa shape index (κ2) is 7.51. The van der Waals surface area contributed by atoms with E-state index in [-0.39, 0.29) is 28.6 Å². The SMILES string of the molecule is Cn1nc(C(=O)N2CCC(c3nc(-c4ccsc4)cc(=O)[nH]3)CC2)ccc1=O. The summed E-state index contributed by atoms with van der Waals surface area (Å²) in [6.45, 7) is 1.08. The number of carbonyl (C=O) groups is 1. The normalized spacial score (nSPS) is 15.0. The number of nitrogens with zero attached hydrogens (tertiary/aromatic N) is 4. The smallest absolute Gasteiger partial charge is 0.274 e. The van der Waals surface area contributed by atoms with Crippen LogP contribution >= 0.6 is 11.3 Å². The number of aromatic nitrogens is 4. The standard InChI is InChI=1S/C19H19N5O3S/c1-23-17(26)3-2-14(22-23)19(27)24-7-4-12(5-8-24)18-20-15(10-16(25)21-18)13-6-9-28-11-13/h2-3,6,9-12H,4-5,7-8H2,1H3,(H,20,21,25). The molecule has 1 aliphatic rings. The van der Waals surface area contributed by atoms with Gasteiger partial charge in [0.15, 0.2) is 0 Å². The molecule has 1 saturated heterocycles. The summed E-state index contributed by atoms with van der Waals surface area (Å²) in [7, 11) is 1.52. The average Bonchev–Trinajstić information content (AvgIpc) is 3.24. The highest BCUT2D eigenvalue weighted by Crippen LogP contribution is 2.27. The lowest BCUT2D eigenvalue weighted by Crippen LogP contribution is -2.39.